The molecular weight excluding hydrogens is 272 g/mol. The van der Waals surface area contributed by atoms with Crippen LogP contribution >= 0.6 is 22.7 Å². The molecule has 1 fully saturated rings. The summed E-state index contributed by atoms with van der Waals surface area (Å²) in [5.41, 5.74) is 2.69. The summed E-state index contributed by atoms with van der Waals surface area (Å²) in [5, 5.41) is 11.5. The first kappa shape index (κ1) is 13.3. The van der Waals surface area contributed by atoms with Gasteiger partial charge in [0.05, 0.1) is 11.7 Å². The first-order valence-corrected chi connectivity index (χ1v) is 8.60. The van der Waals surface area contributed by atoms with E-state index < -0.39 is 0 Å². The lowest BCUT2D eigenvalue weighted by molar-refractivity contribution is 0.558. The third-order valence-electron chi connectivity index (χ3n) is 3.39. The van der Waals surface area contributed by atoms with Gasteiger partial charge >= 0.3 is 0 Å². The van der Waals surface area contributed by atoms with Crippen molar-refractivity contribution in [2.45, 2.75) is 51.1 Å². The van der Waals surface area contributed by atoms with E-state index in [0.29, 0.717) is 6.04 Å². The van der Waals surface area contributed by atoms with Gasteiger partial charge in [-0.25, -0.2) is 4.98 Å². The highest BCUT2D eigenvalue weighted by Gasteiger charge is 2.29. The van der Waals surface area contributed by atoms with E-state index in [-0.39, 0.29) is 11.5 Å². The topological polar surface area (TPSA) is 24.9 Å². The second kappa shape index (κ2) is 5.00. The minimum atomic E-state index is 0.132. The molecule has 3 rings (SSSR count). The molecule has 1 aliphatic rings. The number of nitrogens with one attached hydrogen (secondary N) is 1. The molecule has 4 heteroatoms. The van der Waals surface area contributed by atoms with Crippen LogP contribution in [-0.2, 0) is 5.41 Å². The fourth-order valence-electron chi connectivity index (χ4n) is 2.00. The lowest BCUT2D eigenvalue weighted by Gasteiger charge is -2.17. The predicted molar refractivity (Wildman–Crippen MR) is 83.1 cm³/mol. The van der Waals surface area contributed by atoms with Crippen molar-refractivity contribution >= 4 is 22.7 Å². The Kier molecular flexibility index (Phi) is 3.50. The summed E-state index contributed by atoms with van der Waals surface area (Å²) in [6, 6.07) is 3.18. The van der Waals surface area contributed by atoms with Crippen LogP contribution in [0.5, 0.6) is 0 Å². The molecule has 0 bridgehead atoms. The Morgan fingerprint density at radius 3 is 2.63 bits per heavy atom. The average molecular weight is 292 g/mol. The number of rotatable bonds is 4. The molecule has 19 heavy (non-hydrogen) atoms. The number of thiophene rings is 1. The van der Waals surface area contributed by atoms with E-state index in [9.17, 15) is 0 Å². The molecule has 2 aromatic heterocycles. The zero-order valence-corrected chi connectivity index (χ0v) is 13.3. The van der Waals surface area contributed by atoms with Gasteiger partial charge in [-0.3, -0.25) is 0 Å². The van der Waals surface area contributed by atoms with Gasteiger partial charge in [-0.15, -0.1) is 11.3 Å². The Bertz CT molecular complexity index is 533. The van der Waals surface area contributed by atoms with Crippen LogP contribution in [0, 0.1) is 0 Å². The molecule has 1 unspecified atom stereocenters. The van der Waals surface area contributed by atoms with E-state index in [1.54, 1.807) is 22.7 Å². The van der Waals surface area contributed by atoms with Crippen LogP contribution in [0.4, 0.5) is 0 Å². The Balaban J connectivity index is 1.88. The van der Waals surface area contributed by atoms with Crippen LogP contribution in [-0.4, -0.2) is 11.0 Å². The molecule has 102 valence electrons. The van der Waals surface area contributed by atoms with Gasteiger partial charge in [-0.05, 0) is 35.2 Å². The van der Waals surface area contributed by atoms with E-state index in [4.69, 9.17) is 4.98 Å². The molecule has 0 radical (unpaired) electrons. The zero-order chi connectivity index (χ0) is 13.5. The van der Waals surface area contributed by atoms with Gasteiger partial charge in [0.25, 0.3) is 0 Å². The number of thiazole rings is 1. The second-order valence-electron chi connectivity index (χ2n) is 6.25. The summed E-state index contributed by atoms with van der Waals surface area (Å²) in [6.45, 7) is 6.67. The predicted octanol–water partition coefficient (Wildman–Crippen LogP) is 4.34. The van der Waals surface area contributed by atoms with Gasteiger partial charge in [0.1, 0.15) is 5.01 Å². The largest absolute Gasteiger partial charge is 0.301 e. The van der Waals surface area contributed by atoms with Crippen molar-refractivity contribution in [2.24, 2.45) is 0 Å². The fraction of sp³-hybridized carbons (Fsp3) is 0.533. The van der Waals surface area contributed by atoms with Gasteiger partial charge in [-0.1, -0.05) is 20.8 Å². The van der Waals surface area contributed by atoms with Crippen molar-refractivity contribution in [3.8, 4) is 0 Å². The van der Waals surface area contributed by atoms with Gasteiger partial charge in [0, 0.05) is 16.8 Å². The van der Waals surface area contributed by atoms with E-state index >= 15 is 0 Å². The highest BCUT2D eigenvalue weighted by Crippen LogP contribution is 2.33. The summed E-state index contributed by atoms with van der Waals surface area (Å²) in [5.74, 6) is 0. The second-order valence-corrected chi connectivity index (χ2v) is 7.92. The monoisotopic (exact) mass is 292 g/mol. The molecule has 0 aliphatic heterocycles. The number of hydrogen-bond acceptors (Lipinski definition) is 4. The van der Waals surface area contributed by atoms with E-state index in [1.807, 2.05) is 0 Å². The lowest BCUT2D eigenvalue weighted by atomic mass is 9.93. The third kappa shape index (κ3) is 3.07. The van der Waals surface area contributed by atoms with E-state index in [2.05, 4.69) is 48.3 Å². The van der Waals surface area contributed by atoms with Crippen LogP contribution in [0.15, 0.2) is 22.2 Å². The maximum atomic E-state index is 4.88. The molecule has 2 nitrogen and oxygen atoms in total. The Morgan fingerprint density at radius 2 is 2.11 bits per heavy atom. The van der Waals surface area contributed by atoms with Crippen molar-refractivity contribution < 1.29 is 0 Å². The summed E-state index contributed by atoms with van der Waals surface area (Å²) in [7, 11) is 0. The molecular formula is C15H20N2S2. The smallest absolute Gasteiger partial charge is 0.114 e. The van der Waals surface area contributed by atoms with Crippen LogP contribution < -0.4 is 5.32 Å². The maximum absolute atomic E-state index is 4.88. The number of nitrogens with zero attached hydrogens (tertiary/aromatic N) is 1. The van der Waals surface area contributed by atoms with E-state index in [1.165, 1.54) is 29.1 Å². The normalized spacial score (nSPS) is 17.6. The van der Waals surface area contributed by atoms with Crippen LogP contribution in [0.25, 0.3) is 0 Å². The Hall–Kier alpha value is -0.710. The highest BCUT2D eigenvalue weighted by atomic mass is 32.1. The maximum Gasteiger partial charge on any atom is 0.114 e. The van der Waals surface area contributed by atoms with Crippen LogP contribution in [0.1, 0.15) is 55.9 Å². The molecule has 0 spiro atoms. The summed E-state index contributed by atoms with van der Waals surface area (Å²) in [6.07, 6.45) is 2.61. The van der Waals surface area contributed by atoms with Crippen LogP contribution in [0.3, 0.4) is 0 Å². The molecule has 1 aliphatic carbocycles. The molecule has 0 aromatic carbocycles. The summed E-state index contributed by atoms with van der Waals surface area (Å²) < 4.78 is 0. The van der Waals surface area contributed by atoms with Crippen molar-refractivity contribution in [2.75, 3.05) is 0 Å². The van der Waals surface area contributed by atoms with Gasteiger partial charge < -0.3 is 5.32 Å². The SMILES string of the molecule is CC(C)(C)c1csc(C(NC2CC2)c2ccsc2)n1. The van der Waals surface area contributed by atoms with Crippen molar-refractivity contribution in [1.82, 2.24) is 10.3 Å². The molecule has 1 N–H and O–H groups in total. The minimum absolute atomic E-state index is 0.132. The van der Waals surface area contributed by atoms with Gasteiger partial charge in [-0.2, -0.15) is 11.3 Å². The van der Waals surface area contributed by atoms with Crippen molar-refractivity contribution in [3.63, 3.8) is 0 Å². The van der Waals surface area contributed by atoms with Crippen LogP contribution in [0.2, 0.25) is 0 Å². The minimum Gasteiger partial charge on any atom is -0.301 e. The summed E-state index contributed by atoms with van der Waals surface area (Å²) >= 11 is 3.54. The Labute approximate surface area is 122 Å². The molecule has 0 amide bonds. The quantitative estimate of drug-likeness (QED) is 0.906. The fourth-order valence-corrected chi connectivity index (χ4v) is 3.82. The molecule has 2 aromatic rings. The highest BCUT2D eigenvalue weighted by molar-refractivity contribution is 7.10. The average Bonchev–Trinajstić information content (AvgIpc) is 2.86. The molecule has 2 heterocycles. The molecule has 0 saturated heterocycles. The first-order valence-electron chi connectivity index (χ1n) is 6.78. The van der Waals surface area contributed by atoms with Crippen molar-refractivity contribution in [1.29, 1.82) is 0 Å². The van der Waals surface area contributed by atoms with Gasteiger partial charge in [0.15, 0.2) is 0 Å². The Morgan fingerprint density at radius 1 is 1.32 bits per heavy atom. The third-order valence-corrected chi connectivity index (χ3v) is 5.00. The lowest BCUT2D eigenvalue weighted by Crippen LogP contribution is -2.24. The number of aromatic nitrogens is 1. The molecule has 1 saturated carbocycles. The van der Waals surface area contributed by atoms with Gasteiger partial charge in [0.2, 0.25) is 0 Å². The zero-order valence-electron chi connectivity index (χ0n) is 11.6. The number of hydrogen-bond donors (Lipinski definition) is 1. The molecule has 1 atom stereocenters. The van der Waals surface area contributed by atoms with Crippen molar-refractivity contribution in [3.05, 3.63) is 38.5 Å². The summed E-state index contributed by atoms with van der Waals surface area (Å²) in [4.78, 5) is 4.88. The first-order chi connectivity index (χ1) is 9.04. The van der Waals surface area contributed by atoms with E-state index in [0.717, 1.165) is 0 Å². The standard InChI is InChI=1S/C15H20N2S2/c1-15(2,3)12-9-19-14(17-12)13(16-11-4-5-11)10-6-7-18-8-10/h6-9,11,13,16H,4-5H2,1-3H3.